The lowest BCUT2D eigenvalue weighted by molar-refractivity contribution is 0.0360. The summed E-state index contributed by atoms with van der Waals surface area (Å²) in [6.07, 6.45) is 6.49. The summed E-state index contributed by atoms with van der Waals surface area (Å²) < 4.78 is 67.3. The minimum atomic E-state index is -3.01. The highest BCUT2D eigenvalue weighted by Gasteiger charge is 2.40. The van der Waals surface area contributed by atoms with E-state index >= 15 is 0 Å². The van der Waals surface area contributed by atoms with E-state index < -0.39 is 62.9 Å². The fourth-order valence-corrected chi connectivity index (χ4v) is 23.8. The molecule has 0 bridgehead atoms. The summed E-state index contributed by atoms with van der Waals surface area (Å²) in [6, 6.07) is 26.5. The van der Waals surface area contributed by atoms with E-state index in [1.165, 1.54) is 0 Å². The number of hydrogen-bond acceptors (Lipinski definition) is 9. The first kappa shape index (κ1) is 87.1. The predicted octanol–water partition coefficient (Wildman–Crippen LogP) is 22.8. The first-order valence-corrected chi connectivity index (χ1v) is 40.8. The summed E-state index contributed by atoms with van der Waals surface area (Å²) in [6.45, 7) is 89.8. The van der Waals surface area contributed by atoms with Crippen LogP contribution in [0.1, 0.15) is 328 Å². The lowest BCUT2D eigenvalue weighted by atomic mass is 9.83. The predicted molar refractivity (Wildman–Crippen MR) is 430 cm³/mol. The lowest BCUT2D eigenvalue weighted by Gasteiger charge is -2.37. The Morgan fingerprint density at radius 1 is 0.182 bits per heavy atom. The van der Waals surface area contributed by atoms with Crippen LogP contribution in [0.25, 0.3) is 0 Å². The molecule has 11 heteroatoms. The average Bonchev–Trinajstić information content (AvgIpc) is 0.776. The second-order valence-electron chi connectivity index (χ2n) is 44.5. The fraction of sp³-hybridized carbons (Fsp3) is 0.727. The number of rotatable bonds is 30. The summed E-state index contributed by atoms with van der Waals surface area (Å²) in [5, 5.41) is 4.09. The van der Waals surface area contributed by atoms with Crippen LogP contribution in [0.15, 0.2) is 72.8 Å². The van der Waals surface area contributed by atoms with E-state index in [1.54, 1.807) is 0 Å². The van der Waals surface area contributed by atoms with Crippen LogP contribution in [0.5, 0.6) is 46.0 Å². The molecule has 0 saturated carbocycles. The minimum absolute atomic E-state index is 0.000921. The normalized spacial score (nSPS) is 14.4. The molecule has 9 nitrogen and oxygen atoms in total. The molecule has 0 aliphatic heterocycles. The van der Waals surface area contributed by atoms with E-state index in [4.69, 9.17) is 42.0 Å². The van der Waals surface area contributed by atoms with Crippen molar-refractivity contribution < 1.29 is 42.0 Å². The van der Waals surface area contributed by atoms with Gasteiger partial charge in [0.05, 0.1) is 0 Å². The third-order valence-corrected chi connectivity index (χ3v) is 22.1. The first-order chi connectivity index (χ1) is 43.8. The van der Waals surface area contributed by atoms with Crippen molar-refractivity contribution in [3.05, 3.63) is 72.8 Å². The van der Waals surface area contributed by atoms with Gasteiger partial charge in [-0.25, -0.2) is 0 Å². The molecule has 4 aromatic rings. The van der Waals surface area contributed by atoms with Crippen molar-refractivity contribution in [3.63, 3.8) is 0 Å². The van der Waals surface area contributed by atoms with Crippen molar-refractivity contribution in [1.82, 2.24) is 0 Å². The standard InChI is InChI=1S/C88H150O9Si2/c1-73(2,3)53-81(25,26)89-65-45-41-61(49-69(65)93-85(33,34)57-77(13,14)15)98(62-42-46-66(90-82(27,28)54-74(4,5)6)70(50-62)94-86(35,36)58-78(16,17)18)97-99(63-43-47-67(91-83(29,30)55-75(7,8)9)71(51-63)95-87(37,38)59-79(19,20)21)64-44-48-68(92-84(31,32)56-76(10,11)12)72(52-64)96-88(39,40)60-80(22,23)24/h41-52,98-99H,53-60H2,1-40H3. The summed E-state index contributed by atoms with van der Waals surface area (Å²) in [5.74, 6) is 5.52. The Kier molecular flexibility index (Phi) is 26.7. The Bertz CT molecular complexity index is 2830. The van der Waals surface area contributed by atoms with Crippen molar-refractivity contribution in [2.24, 2.45) is 43.3 Å². The SMILES string of the molecule is CC(C)(C)CC(C)(C)Oc1ccc([SiH](O[SiH](c2ccc(OC(C)(C)CC(C)(C)C)c(OC(C)(C)CC(C)(C)C)c2)c2ccc(OC(C)(C)CC(C)(C)C)c(OC(C)(C)CC(C)(C)C)c2)c2ccc(OC(C)(C)CC(C)(C)C)c(OC(C)(C)CC(C)(C)C)c2)cc1OC(C)(C)CC(C)(C)C. The highest BCUT2D eigenvalue weighted by Crippen LogP contribution is 2.45. The maximum Gasteiger partial charge on any atom is 0.229 e. The van der Waals surface area contributed by atoms with E-state index in [0.29, 0.717) is 46.0 Å². The van der Waals surface area contributed by atoms with Crippen LogP contribution in [-0.4, -0.2) is 62.9 Å². The van der Waals surface area contributed by atoms with Crippen LogP contribution >= 0.6 is 0 Å². The van der Waals surface area contributed by atoms with Crippen molar-refractivity contribution in [1.29, 1.82) is 0 Å². The molecule has 0 saturated heterocycles. The first-order valence-electron chi connectivity index (χ1n) is 37.5. The maximum atomic E-state index is 8.58. The number of ether oxygens (including phenoxy) is 8. The molecule has 4 aromatic carbocycles. The minimum Gasteiger partial charge on any atom is -0.484 e. The number of hydrogen-bond donors (Lipinski definition) is 0. The molecule has 0 aliphatic carbocycles. The lowest BCUT2D eigenvalue weighted by Crippen LogP contribution is -2.56. The van der Waals surface area contributed by atoms with Crippen molar-refractivity contribution >= 4 is 38.8 Å². The van der Waals surface area contributed by atoms with Crippen LogP contribution in [0, 0.1) is 43.3 Å². The zero-order chi connectivity index (χ0) is 76.6. The molecule has 99 heavy (non-hydrogen) atoms. The second-order valence-corrected chi connectivity index (χ2v) is 49.8. The Morgan fingerprint density at radius 2 is 0.303 bits per heavy atom. The van der Waals surface area contributed by atoms with Crippen LogP contribution in [0.2, 0.25) is 0 Å². The third-order valence-electron chi connectivity index (χ3n) is 16.1. The molecule has 0 heterocycles. The average molecular weight is 1410 g/mol. The van der Waals surface area contributed by atoms with Gasteiger partial charge in [0.25, 0.3) is 0 Å². The molecule has 0 fully saturated rings. The smallest absolute Gasteiger partial charge is 0.229 e. The van der Waals surface area contributed by atoms with Crippen molar-refractivity contribution in [2.75, 3.05) is 0 Å². The molecule has 564 valence electrons. The fourth-order valence-electron chi connectivity index (χ4n) is 17.1. The topological polar surface area (TPSA) is 83.1 Å². The van der Waals surface area contributed by atoms with Crippen LogP contribution in [0.3, 0.4) is 0 Å². The molecule has 0 amide bonds. The van der Waals surface area contributed by atoms with E-state index in [9.17, 15) is 0 Å². The van der Waals surface area contributed by atoms with Gasteiger partial charge in [0.2, 0.25) is 18.1 Å². The van der Waals surface area contributed by atoms with Gasteiger partial charge in [-0.05, 0) is 275 Å². The zero-order valence-corrected chi connectivity index (χ0v) is 73.7. The van der Waals surface area contributed by atoms with Crippen molar-refractivity contribution in [2.45, 2.75) is 373 Å². The van der Waals surface area contributed by atoms with Gasteiger partial charge >= 0.3 is 0 Å². The Balaban J connectivity index is 2.41. The molecule has 0 unspecified atom stereocenters. The Morgan fingerprint density at radius 3 is 0.424 bits per heavy atom. The van der Waals surface area contributed by atoms with E-state index in [0.717, 1.165) is 72.1 Å². The van der Waals surface area contributed by atoms with Gasteiger partial charge in [0.1, 0.15) is 44.8 Å². The van der Waals surface area contributed by atoms with Crippen LogP contribution in [0.4, 0.5) is 0 Å². The summed E-state index contributed by atoms with van der Waals surface area (Å²) in [7, 11) is -6.02. The van der Waals surface area contributed by atoms with Gasteiger partial charge in [0.15, 0.2) is 46.0 Å². The van der Waals surface area contributed by atoms with E-state index in [-0.39, 0.29) is 43.3 Å². The van der Waals surface area contributed by atoms with E-state index in [1.807, 2.05) is 0 Å². The van der Waals surface area contributed by atoms with Crippen LogP contribution < -0.4 is 58.6 Å². The van der Waals surface area contributed by atoms with Crippen LogP contribution in [-0.2, 0) is 4.12 Å². The molecule has 0 aliphatic rings. The van der Waals surface area contributed by atoms with Gasteiger partial charge in [-0.2, -0.15) is 0 Å². The largest absolute Gasteiger partial charge is 0.484 e. The van der Waals surface area contributed by atoms with Crippen molar-refractivity contribution in [3.8, 4) is 46.0 Å². The molecule has 0 spiro atoms. The summed E-state index contributed by atoms with van der Waals surface area (Å²) in [5.41, 5.74) is -4.57. The van der Waals surface area contributed by atoms with Gasteiger partial charge in [-0.3, -0.25) is 0 Å². The maximum absolute atomic E-state index is 8.58. The molecule has 0 atom stereocenters. The van der Waals surface area contributed by atoms with Gasteiger partial charge in [0, 0.05) is 0 Å². The van der Waals surface area contributed by atoms with E-state index in [2.05, 4.69) is 350 Å². The highest BCUT2D eigenvalue weighted by molar-refractivity contribution is 6.92. The second kappa shape index (κ2) is 30.4. The Labute approximate surface area is 612 Å². The quantitative estimate of drug-likeness (QED) is 0.0474. The zero-order valence-electron chi connectivity index (χ0n) is 71.4. The molecular weight excluding hydrogens is 1260 g/mol. The highest BCUT2D eigenvalue weighted by atomic mass is 28.4. The number of benzene rings is 4. The van der Waals surface area contributed by atoms with Gasteiger partial charge < -0.3 is 42.0 Å². The molecule has 0 N–H and O–H groups in total. The molecular formula is C88H150O9Si2. The van der Waals surface area contributed by atoms with Gasteiger partial charge in [-0.15, -0.1) is 0 Å². The summed E-state index contributed by atoms with van der Waals surface area (Å²) >= 11 is 0. The summed E-state index contributed by atoms with van der Waals surface area (Å²) in [4.78, 5) is 0. The Hall–Kier alpha value is -4.33. The molecule has 0 aromatic heterocycles. The monoisotopic (exact) mass is 1410 g/mol. The molecule has 4 rings (SSSR count). The van der Waals surface area contributed by atoms with Gasteiger partial charge in [-0.1, -0.05) is 190 Å². The molecule has 0 radical (unpaired) electrons. The third kappa shape index (κ3) is 32.5.